The van der Waals surface area contributed by atoms with Crippen molar-refractivity contribution in [3.8, 4) is 5.69 Å². The number of rotatable bonds is 1. The number of aromatic amines is 1. The van der Waals surface area contributed by atoms with Gasteiger partial charge in [0.05, 0.1) is 11.2 Å². The summed E-state index contributed by atoms with van der Waals surface area (Å²) >= 11 is 0. The first-order valence-electron chi connectivity index (χ1n) is 5.32. The Labute approximate surface area is 100 Å². The van der Waals surface area contributed by atoms with E-state index in [0.29, 0.717) is 11.2 Å². The molecular weight excluding hydrogens is 238 g/mol. The molecule has 90 valence electrons. The van der Waals surface area contributed by atoms with E-state index in [9.17, 15) is 13.6 Å². The third-order valence-corrected chi connectivity index (χ3v) is 2.73. The second-order valence-corrected chi connectivity index (χ2v) is 3.88. The highest BCUT2D eigenvalue weighted by Crippen LogP contribution is 2.18. The van der Waals surface area contributed by atoms with Gasteiger partial charge in [0.2, 0.25) is 0 Å². The molecule has 0 radical (unpaired) electrons. The monoisotopic (exact) mass is 246 g/mol. The zero-order chi connectivity index (χ0) is 12.7. The first-order chi connectivity index (χ1) is 8.66. The van der Waals surface area contributed by atoms with Gasteiger partial charge in [-0.15, -0.1) is 0 Å². The van der Waals surface area contributed by atoms with Crippen molar-refractivity contribution in [3.63, 3.8) is 0 Å². The van der Waals surface area contributed by atoms with Gasteiger partial charge < -0.3 is 4.98 Å². The quantitative estimate of drug-likeness (QED) is 0.704. The van der Waals surface area contributed by atoms with Crippen molar-refractivity contribution in [1.82, 2.24) is 9.55 Å². The van der Waals surface area contributed by atoms with Crippen molar-refractivity contribution in [2.75, 3.05) is 0 Å². The normalized spacial score (nSPS) is 11.0. The van der Waals surface area contributed by atoms with Crippen LogP contribution in [0, 0.1) is 11.6 Å². The van der Waals surface area contributed by atoms with Crippen LogP contribution >= 0.6 is 0 Å². The number of aromatic nitrogens is 2. The molecule has 3 aromatic rings. The molecule has 1 aromatic heterocycles. The van der Waals surface area contributed by atoms with E-state index in [1.54, 1.807) is 12.1 Å². The van der Waals surface area contributed by atoms with Gasteiger partial charge in [0.15, 0.2) is 0 Å². The molecule has 0 aliphatic carbocycles. The minimum Gasteiger partial charge on any atom is -0.303 e. The number of benzene rings is 2. The number of imidazole rings is 1. The number of hydrogen-bond donors (Lipinski definition) is 1. The van der Waals surface area contributed by atoms with E-state index in [1.807, 2.05) is 0 Å². The Hall–Kier alpha value is -2.43. The predicted octanol–water partition coefficient (Wildman–Crippen LogP) is 2.60. The van der Waals surface area contributed by atoms with E-state index in [2.05, 4.69) is 4.98 Å². The van der Waals surface area contributed by atoms with Crippen LogP contribution in [0.5, 0.6) is 0 Å². The highest BCUT2D eigenvalue weighted by atomic mass is 19.1. The summed E-state index contributed by atoms with van der Waals surface area (Å²) in [5, 5.41) is 0. The molecule has 0 atom stereocenters. The Kier molecular flexibility index (Phi) is 2.26. The lowest BCUT2D eigenvalue weighted by Crippen LogP contribution is -2.14. The van der Waals surface area contributed by atoms with Crippen molar-refractivity contribution in [2.24, 2.45) is 0 Å². The molecule has 18 heavy (non-hydrogen) atoms. The molecule has 0 unspecified atom stereocenters. The van der Waals surface area contributed by atoms with Crippen LogP contribution < -0.4 is 5.69 Å². The third-order valence-electron chi connectivity index (χ3n) is 2.73. The van der Waals surface area contributed by atoms with Crippen molar-refractivity contribution >= 4 is 11.0 Å². The van der Waals surface area contributed by atoms with Crippen molar-refractivity contribution in [1.29, 1.82) is 0 Å². The molecular formula is C13H8F2N2O. The molecule has 0 saturated carbocycles. The zero-order valence-corrected chi connectivity index (χ0v) is 9.15. The number of H-pyrrole nitrogens is 1. The summed E-state index contributed by atoms with van der Waals surface area (Å²) < 4.78 is 27.9. The molecule has 0 bridgehead atoms. The minimum absolute atomic E-state index is 0.117. The second kappa shape index (κ2) is 3.80. The van der Waals surface area contributed by atoms with Crippen LogP contribution in [0.25, 0.3) is 16.7 Å². The van der Waals surface area contributed by atoms with Gasteiger partial charge in [-0.25, -0.2) is 13.6 Å². The van der Waals surface area contributed by atoms with E-state index in [0.717, 1.165) is 0 Å². The standard InChI is InChI=1S/C13H8F2N2O/c14-8-3-1-4-9(7-8)17-11-6-2-5-10(15)12(11)16-13(17)18/h1-7H,(H,16,18). The number of fused-ring (bicyclic) bond motifs is 1. The fourth-order valence-corrected chi connectivity index (χ4v) is 1.97. The maximum Gasteiger partial charge on any atom is 0.331 e. The molecule has 0 aliphatic heterocycles. The van der Waals surface area contributed by atoms with Crippen LogP contribution in [0.1, 0.15) is 0 Å². The predicted molar refractivity (Wildman–Crippen MR) is 63.8 cm³/mol. The number of nitrogens with zero attached hydrogens (tertiary/aromatic N) is 1. The molecule has 1 heterocycles. The Bertz CT molecular complexity index is 789. The van der Waals surface area contributed by atoms with Crippen LogP contribution in [-0.2, 0) is 0 Å². The van der Waals surface area contributed by atoms with Gasteiger partial charge in [-0.1, -0.05) is 12.1 Å². The Morgan fingerprint density at radius 3 is 2.61 bits per heavy atom. The van der Waals surface area contributed by atoms with Gasteiger partial charge in [0.1, 0.15) is 17.2 Å². The van der Waals surface area contributed by atoms with Crippen LogP contribution in [0.2, 0.25) is 0 Å². The van der Waals surface area contributed by atoms with E-state index >= 15 is 0 Å². The van der Waals surface area contributed by atoms with E-state index in [4.69, 9.17) is 0 Å². The molecule has 0 fully saturated rings. The fraction of sp³-hybridized carbons (Fsp3) is 0. The fourth-order valence-electron chi connectivity index (χ4n) is 1.97. The van der Waals surface area contributed by atoms with Crippen molar-refractivity contribution < 1.29 is 8.78 Å². The van der Waals surface area contributed by atoms with E-state index in [-0.39, 0.29) is 5.52 Å². The largest absolute Gasteiger partial charge is 0.331 e. The summed E-state index contributed by atoms with van der Waals surface area (Å²) in [6.45, 7) is 0. The number of hydrogen-bond acceptors (Lipinski definition) is 1. The smallest absolute Gasteiger partial charge is 0.303 e. The first-order valence-corrected chi connectivity index (χ1v) is 5.32. The van der Waals surface area contributed by atoms with E-state index in [1.165, 1.54) is 34.9 Å². The summed E-state index contributed by atoms with van der Waals surface area (Å²) in [5.41, 5.74) is 0.356. The van der Waals surface area contributed by atoms with E-state index < -0.39 is 17.3 Å². The Morgan fingerprint density at radius 1 is 1.06 bits per heavy atom. The molecule has 0 amide bonds. The maximum atomic E-state index is 13.5. The van der Waals surface area contributed by atoms with Gasteiger partial charge in [0, 0.05) is 0 Å². The summed E-state index contributed by atoms with van der Waals surface area (Å²) in [7, 11) is 0. The average molecular weight is 246 g/mol. The second-order valence-electron chi connectivity index (χ2n) is 3.88. The number of halogens is 2. The topological polar surface area (TPSA) is 37.8 Å². The van der Waals surface area contributed by atoms with Gasteiger partial charge in [-0.2, -0.15) is 0 Å². The average Bonchev–Trinajstić information content (AvgIpc) is 2.67. The Balaban J connectivity index is 2.39. The SMILES string of the molecule is O=c1[nH]c2c(F)cccc2n1-c1cccc(F)c1. The summed E-state index contributed by atoms with van der Waals surface area (Å²) in [6.07, 6.45) is 0. The molecule has 0 saturated heterocycles. The summed E-state index contributed by atoms with van der Waals surface area (Å²) in [4.78, 5) is 14.2. The van der Waals surface area contributed by atoms with Gasteiger partial charge in [-0.3, -0.25) is 4.57 Å². The zero-order valence-electron chi connectivity index (χ0n) is 9.15. The van der Waals surface area contributed by atoms with Gasteiger partial charge in [-0.05, 0) is 30.3 Å². The molecule has 1 N–H and O–H groups in total. The van der Waals surface area contributed by atoms with Crippen LogP contribution in [0.15, 0.2) is 47.3 Å². The molecule has 2 aromatic carbocycles. The van der Waals surface area contributed by atoms with Gasteiger partial charge >= 0.3 is 5.69 Å². The van der Waals surface area contributed by atoms with Crippen LogP contribution in [-0.4, -0.2) is 9.55 Å². The van der Waals surface area contributed by atoms with Crippen molar-refractivity contribution in [2.45, 2.75) is 0 Å². The maximum absolute atomic E-state index is 13.5. The highest BCUT2D eigenvalue weighted by molar-refractivity contribution is 5.77. The third kappa shape index (κ3) is 1.52. The van der Waals surface area contributed by atoms with Crippen LogP contribution in [0.3, 0.4) is 0 Å². The molecule has 5 heteroatoms. The summed E-state index contributed by atoms with van der Waals surface area (Å²) in [6, 6.07) is 9.94. The number of nitrogens with one attached hydrogen (secondary N) is 1. The minimum atomic E-state index is -0.514. The molecule has 0 aliphatic rings. The number of para-hydroxylation sites is 1. The molecule has 0 spiro atoms. The lowest BCUT2D eigenvalue weighted by molar-refractivity contribution is 0.626. The highest BCUT2D eigenvalue weighted by Gasteiger charge is 2.11. The van der Waals surface area contributed by atoms with Gasteiger partial charge in [0.25, 0.3) is 0 Å². The lowest BCUT2D eigenvalue weighted by Gasteiger charge is -2.03. The first kappa shape index (κ1) is 10.7. The summed E-state index contributed by atoms with van der Waals surface area (Å²) in [5.74, 6) is -0.968. The molecule has 3 nitrogen and oxygen atoms in total. The van der Waals surface area contributed by atoms with Crippen LogP contribution in [0.4, 0.5) is 8.78 Å². The Morgan fingerprint density at radius 2 is 1.83 bits per heavy atom. The molecule has 3 rings (SSSR count). The van der Waals surface area contributed by atoms with Crippen molar-refractivity contribution in [3.05, 3.63) is 64.6 Å². The lowest BCUT2D eigenvalue weighted by atomic mass is 10.2.